The van der Waals surface area contributed by atoms with Gasteiger partial charge in [-0.3, -0.25) is 0 Å². The maximum Gasteiger partial charge on any atom is 0.412 e. The molecule has 0 spiro atoms. The number of benzene rings is 1. The normalized spacial score (nSPS) is 22.6. The Morgan fingerprint density at radius 1 is 1.00 bits per heavy atom. The summed E-state index contributed by atoms with van der Waals surface area (Å²) in [4.78, 5) is 0. The Balaban J connectivity index is 1.81. The summed E-state index contributed by atoms with van der Waals surface area (Å²) in [6, 6.07) is 6.35. The van der Waals surface area contributed by atoms with Gasteiger partial charge in [-0.1, -0.05) is 69.7 Å². The molecule has 1 aliphatic carbocycles. The molecule has 1 aliphatic rings. The number of hydrogen-bond acceptors (Lipinski definition) is 0. The van der Waals surface area contributed by atoms with Gasteiger partial charge in [0.05, 0.1) is 6.08 Å². The van der Waals surface area contributed by atoms with Crippen molar-refractivity contribution in [3.8, 4) is 0 Å². The van der Waals surface area contributed by atoms with Crippen LogP contribution in [0.25, 0.3) is 5.83 Å². The van der Waals surface area contributed by atoms with Crippen molar-refractivity contribution in [3.63, 3.8) is 0 Å². The molecule has 1 aromatic carbocycles. The van der Waals surface area contributed by atoms with E-state index in [0.717, 1.165) is 30.2 Å². The minimum Gasteiger partial charge on any atom is -0.206 e. The van der Waals surface area contributed by atoms with Gasteiger partial charge in [-0.25, -0.2) is 4.39 Å². The second-order valence-corrected chi connectivity index (χ2v) is 6.94. The summed E-state index contributed by atoms with van der Waals surface area (Å²) in [5.74, 6) is 0.414. The van der Waals surface area contributed by atoms with Crippen LogP contribution in [-0.4, -0.2) is 6.18 Å². The van der Waals surface area contributed by atoms with Gasteiger partial charge in [0.25, 0.3) is 0 Å². The van der Waals surface area contributed by atoms with Crippen molar-refractivity contribution in [2.75, 3.05) is 0 Å². The van der Waals surface area contributed by atoms with E-state index >= 15 is 0 Å². The van der Waals surface area contributed by atoms with Crippen LogP contribution >= 0.6 is 0 Å². The van der Waals surface area contributed by atoms with Crippen LogP contribution < -0.4 is 0 Å². The van der Waals surface area contributed by atoms with Crippen LogP contribution in [0.5, 0.6) is 0 Å². The van der Waals surface area contributed by atoms with Gasteiger partial charge in [0.15, 0.2) is 0 Å². The molecule has 0 atom stereocenters. The molecule has 1 fully saturated rings. The third kappa shape index (κ3) is 6.29. The van der Waals surface area contributed by atoms with Crippen molar-refractivity contribution >= 4 is 5.83 Å². The molecule has 134 valence electrons. The Morgan fingerprint density at radius 2 is 1.54 bits per heavy atom. The second-order valence-electron chi connectivity index (χ2n) is 6.94. The summed E-state index contributed by atoms with van der Waals surface area (Å²) in [5.41, 5.74) is 1.05. The molecular formula is C20H26F4. The van der Waals surface area contributed by atoms with E-state index in [1.165, 1.54) is 50.7 Å². The van der Waals surface area contributed by atoms with Gasteiger partial charge in [-0.05, 0) is 30.2 Å². The molecule has 0 aliphatic heterocycles. The third-order valence-corrected chi connectivity index (χ3v) is 5.02. The van der Waals surface area contributed by atoms with E-state index in [9.17, 15) is 17.6 Å². The lowest BCUT2D eigenvalue weighted by atomic mass is 9.78. The zero-order chi connectivity index (χ0) is 17.6. The first-order chi connectivity index (χ1) is 11.4. The molecule has 0 unspecified atom stereocenters. The Hall–Kier alpha value is -1.32. The smallest absolute Gasteiger partial charge is 0.206 e. The Kier molecular flexibility index (Phi) is 6.88. The van der Waals surface area contributed by atoms with E-state index in [1.54, 1.807) is 12.1 Å². The van der Waals surface area contributed by atoms with Gasteiger partial charge < -0.3 is 0 Å². The first kappa shape index (κ1) is 19.0. The Labute approximate surface area is 142 Å². The highest BCUT2D eigenvalue weighted by Crippen LogP contribution is 2.34. The molecule has 0 radical (unpaired) electrons. The molecule has 0 heterocycles. The Bertz CT molecular complexity index is 520. The first-order valence-electron chi connectivity index (χ1n) is 8.91. The van der Waals surface area contributed by atoms with E-state index < -0.39 is 12.0 Å². The van der Waals surface area contributed by atoms with E-state index in [4.69, 9.17) is 0 Å². The van der Waals surface area contributed by atoms with Crippen LogP contribution in [-0.2, 0) is 6.42 Å². The molecule has 0 aromatic heterocycles. The van der Waals surface area contributed by atoms with Crippen molar-refractivity contribution in [1.82, 2.24) is 0 Å². The van der Waals surface area contributed by atoms with Crippen LogP contribution in [0.15, 0.2) is 30.3 Å². The molecule has 0 amide bonds. The molecule has 0 nitrogen and oxygen atoms in total. The predicted molar refractivity (Wildman–Crippen MR) is 90.3 cm³/mol. The number of alkyl halides is 3. The maximum absolute atomic E-state index is 13.5. The lowest BCUT2D eigenvalue weighted by Gasteiger charge is -2.28. The van der Waals surface area contributed by atoms with Gasteiger partial charge in [0.2, 0.25) is 0 Å². The van der Waals surface area contributed by atoms with Gasteiger partial charge in [-0.15, -0.1) is 0 Å². The number of aryl methyl sites for hydroxylation is 1. The summed E-state index contributed by atoms with van der Waals surface area (Å²) in [5, 5.41) is 0. The molecule has 0 bridgehead atoms. The van der Waals surface area contributed by atoms with Gasteiger partial charge in [0.1, 0.15) is 5.83 Å². The van der Waals surface area contributed by atoms with Gasteiger partial charge >= 0.3 is 6.18 Å². The zero-order valence-electron chi connectivity index (χ0n) is 14.2. The summed E-state index contributed by atoms with van der Waals surface area (Å²) >= 11 is 0. The quantitative estimate of drug-likeness (QED) is 0.484. The second kappa shape index (κ2) is 8.68. The minimum atomic E-state index is -4.63. The molecule has 1 saturated carbocycles. The van der Waals surface area contributed by atoms with Crippen LogP contribution in [0.2, 0.25) is 0 Å². The SMILES string of the molecule is CCCC1CCC(CCc2ccc(/C(F)=C/C(F)(F)F)cc2)CC1. The highest BCUT2D eigenvalue weighted by atomic mass is 19.4. The molecule has 4 heteroatoms. The van der Waals surface area contributed by atoms with E-state index in [2.05, 4.69) is 6.92 Å². The fourth-order valence-electron chi connectivity index (χ4n) is 3.65. The average Bonchev–Trinajstić information content (AvgIpc) is 2.53. The van der Waals surface area contributed by atoms with E-state index in [1.807, 2.05) is 0 Å². The average molecular weight is 342 g/mol. The van der Waals surface area contributed by atoms with Gasteiger partial charge in [-0.2, -0.15) is 13.2 Å². The van der Waals surface area contributed by atoms with Crippen LogP contribution in [0.3, 0.4) is 0 Å². The fraction of sp³-hybridized carbons (Fsp3) is 0.600. The predicted octanol–water partition coefficient (Wildman–Crippen LogP) is 7.10. The molecule has 1 aromatic rings. The van der Waals surface area contributed by atoms with Crippen LogP contribution in [0, 0.1) is 11.8 Å². The van der Waals surface area contributed by atoms with E-state index in [-0.39, 0.29) is 11.6 Å². The van der Waals surface area contributed by atoms with Crippen LogP contribution in [0.4, 0.5) is 17.6 Å². The molecule has 2 rings (SSSR count). The molecule has 0 N–H and O–H groups in total. The largest absolute Gasteiger partial charge is 0.412 e. The monoisotopic (exact) mass is 342 g/mol. The zero-order valence-corrected chi connectivity index (χ0v) is 14.2. The number of allylic oxidation sites excluding steroid dienone is 1. The Morgan fingerprint density at radius 3 is 2.04 bits per heavy atom. The molecule has 0 saturated heterocycles. The topological polar surface area (TPSA) is 0 Å². The first-order valence-corrected chi connectivity index (χ1v) is 8.91. The highest BCUT2D eigenvalue weighted by molar-refractivity contribution is 5.59. The lowest BCUT2D eigenvalue weighted by Crippen LogP contribution is -2.15. The van der Waals surface area contributed by atoms with Crippen molar-refractivity contribution in [2.24, 2.45) is 11.8 Å². The molecule has 24 heavy (non-hydrogen) atoms. The summed E-state index contributed by atoms with van der Waals surface area (Å²) < 4.78 is 50.0. The van der Waals surface area contributed by atoms with Crippen molar-refractivity contribution < 1.29 is 17.6 Å². The van der Waals surface area contributed by atoms with Crippen molar-refractivity contribution in [3.05, 3.63) is 41.5 Å². The van der Waals surface area contributed by atoms with Crippen LogP contribution in [0.1, 0.15) is 63.0 Å². The summed E-state index contributed by atoms with van der Waals surface area (Å²) in [6.07, 6.45) is 4.92. The summed E-state index contributed by atoms with van der Waals surface area (Å²) in [6.45, 7) is 2.24. The number of rotatable bonds is 6. The summed E-state index contributed by atoms with van der Waals surface area (Å²) in [7, 11) is 0. The third-order valence-electron chi connectivity index (χ3n) is 5.02. The lowest BCUT2D eigenvalue weighted by molar-refractivity contribution is -0.0798. The molecular weight excluding hydrogens is 316 g/mol. The van der Waals surface area contributed by atoms with E-state index in [0.29, 0.717) is 0 Å². The van der Waals surface area contributed by atoms with Crippen molar-refractivity contribution in [2.45, 2.75) is 64.5 Å². The number of halogens is 4. The maximum atomic E-state index is 13.5. The standard InChI is InChI=1S/C20H26F4/c1-2-3-15-4-6-16(7-5-15)8-9-17-10-12-18(13-11-17)19(21)14-20(22,23)24/h10-16H,2-9H2,1H3/b19-14-. The fourth-order valence-corrected chi connectivity index (χ4v) is 3.65. The number of hydrogen-bond donors (Lipinski definition) is 0. The van der Waals surface area contributed by atoms with Gasteiger partial charge in [0, 0.05) is 5.56 Å². The minimum absolute atomic E-state index is 0.0175. The highest BCUT2D eigenvalue weighted by Gasteiger charge is 2.25. The van der Waals surface area contributed by atoms with Crippen molar-refractivity contribution in [1.29, 1.82) is 0 Å².